The van der Waals surface area contributed by atoms with Crippen LogP contribution in [-0.2, 0) is 11.3 Å². The van der Waals surface area contributed by atoms with Gasteiger partial charge in [0.2, 0.25) is 0 Å². The van der Waals surface area contributed by atoms with E-state index in [0.29, 0.717) is 24.6 Å². The van der Waals surface area contributed by atoms with Crippen LogP contribution < -0.4 is 5.32 Å². The lowest BCUT2D eigenvalue weighted by atomic mass is 9.71. The predicted molar refractivity (Wildman–Crippen MR) is 143 cm³/mol. The van der Waals surface area contributed by atoms with E-state index in [1.165, 1.54) is 0 Å². The van der Waals surface area contributed by atoms with Gasteiger partial charge in [-0.3, -0.25) is 9.59 Å². The van der Waals surface area contributed by atoms with Crippen LogP contribution in [0, 0.1) is 11.3 Å². The van der Waals surface area contributed by atoms with Crippen LogP contribution >= 0.6 is 0 Å². The highest BCUT2D eigenvalue weighted by Gasteiger charge is 2.43. The molecular formula is C30H39N3O4. The van der Waals surface area contributed by atoms with Crippen LogP contribution in [0.1, 0.15) is 80.4 Å². The van der Waals surface area contributed by atoms with Gasteiger partial charge in [0.05, 0.1) is 12.5 Å². The predicted octanol–water partition coefficient (Wildman–Crippen LogP) is 5.47. The standard InChI is InChI=1S/C30H39N3O4/c1-30(2,3)24-13-15-25(16-14-24)33-26(20-32(29(33)37)19-21-7-5-4-6-8-21)22-9-11-23(12-10-22)28(36)31-18-17-27(34)35/h4-12,24-26H,13-20H2,1-3H3,(H,31,36)(H,34,35). The third kappa shape index (κ3) is 6.51. The molecule has 0 aromatic heterocycles. The number of carbonyl (C=O) groups is 3. The Labute approximate surface area is 219 Å². The summed E-state index contributed by atoms with van der Waals surface area (Å²) in [6.45, 7) is 8.20. The maximum atomic E-state index is 13.8. The fourth-order valence-electron chi connectivity index (χ4n) is 5.75. The molecule has 198 valence electrons. The zero-order valence-corrected chi connectivity index (χ0v) is 22.2. The lowest BCUT2D eigenvalue weighted by molar-refractivity contribution is -0.136. The van der Waals surface area contributed by atoms with Gasteiger partial charge >= 0.3 is 12.0 Å². The van der Waals surface area contributed by atoms with Crippen molar-refractivity contribution in [2.45, 2.75) is 71.5 Å². The minimum absolute atomic E-state index is 0.0727. The summed E-state index contributed by atoms with van der Waals surface area (Å²) >= 11 is 0. The van der Waals surface area contributed by atoms with E-state index in [0.717, 1.165) is 36.8 Å². The number of urea groups is 1. The van der Waals surface area contributed by atoms with E-state index in [4.69, 9.17) is 5.11 Å². The monoisotopic (exact) mass is 505 g/mol. The molecule has 1 saturated heterocycles. The number of carboxylic acids is 1. The fourth-order valence-corrected chi connectivity index (χ4v) is 5.75. The minimum Gasteiger partial charge on any atom is -0.481 e. The third-order valence-corrected chi connectivity index (χ3v) is 7.93. The Balaban J connectivity index is 1.52. The number of carbonyl (C=O) groups excluding carboxylic acids is 2. The Morgan fingerprint density at radius 3 is 2.22 bits per heavy atom. The van der Waals surface area contributed by atoms with Crippen LogP contribution in [0.2, 0.25) is 0 Å². The number of hydrogen-bond acceptors (Lipinski definition) is 3. The van der Waals surface area contributed by atoms with Crippen molar-refractivity contribution in [2.75, 3.05) is 13.1 Å². The van der Waals surface area contributed by atoms with Gasteiger partial charge in [0, 0.05) is 31.2 Å². The van der Waals surface area contributed by atoms with E-state index in [2.05, 4.69) is 43.1 Å². The molecule has 2 fully saturated rings. The number of amides is 3. The first-order valence-corrected chi connectivity index (χ1v) is 13.3. The summed E-state index contributed by atoms with van der Waals surface area (Å²) in [4.78, 5) is 40.9. The van der Waals surface area contributed by atoms with Crippen LogP contribution in [0.15, 0.2) is 54.6 Å². The molecule has 2 aromatic carbocycles. The highest BCUT2D eigenvalue weighted by atomic mass is 16.4. The molecule has 0 radical (unpaired) electrons. The number of benzene rings is 2. The maximum absolute atomic E-state index is 13.8. The average Bonchev–Trinajstić information content (AvgIpc) is 3.19. The number of carboxylic acid groups (broad SMARTS) is 1. The summed E-state index contributed by atoms with van der Waals surface area (Å²) in [6, 6.07) is 17.7. The summed E-state index contributed by atoms with van der Waals surface area (Å²) < 4.78 is 0. The Morgan fingerprint density at radius 1 is 0.973 bits per heavy atom. The summed E-state index contributed by atoms with van der Waals surface area (Å²) in [7, 11) is 0. The van der Waals surface area contributed by atoms with Crippen LogP contribution in [0.5, 0.6) is 0 Å². The summed E-state index contributed by atoms with van der Waals surface area (Å²) in [5.74, 6) is -0.573. The van der Waals surface area contributed by atoms with Crippen molar-refractivity contribution in [1.82, 2.24) is 15.1 Å². The first kappa shape index (κ1) is 26.7. The molecule has 0 bridgehead atoms. The first-order valence-electron chi connectivity index (χ1n) is 13.3. The SMILES string of the molecule is CC(C)(C)C1CCC(N2C(=O)N(Cc3ccccc3)CC2c2ccc(C(=O)NCCC(=O)O)cc2)CC1. The maximum Gasteiger partial charge on any atom is 0.321 e. The number of rotatable bonds is 8. The van der Waals surface area contributed by atoms with Crippen molar-refractivity contribution in [3.63, 3.8) is 0 Å². The van der Waals surface area contributed by atoms with Gasteiger partial charge in [0.15, 0.2) is 0 Å². The van der Waals surface area contributed by atoms with Gasteiger partial charge in [-0.05, 0) is 60.3 Å². The van der Waals surface area contributed by atoms with Gasteiger partial charge in [0.25, 0.3) is 5.91 Å². The van der Waals surface area contributed by atoms with Crippen molar-refractivity contribution in [2.24, 2.45) is 11.3 Å². The second kappa shape index (κ2) is 11.4. The van der Waals surface area contributed by atoms with Gasteiger partial charge in [-0.15, -0.1) is 0 Å². The smallest absolute Gasteiger partial charge is 0.321 e. The van der Waals surface area contributed by atoms with Crippen LogP contribution in [-0.4, -0.2) is 51.9 Å². The zero-order chi connectivity index (χ0) is 26.6. The van der Waals surface area contributed by atoms with E-state index in [-0.39, 0.29) is 42.4 Å². The lowest BCUT2D eigenvalue weighted by Crippen LogP contribution is -2.43. The van der Waals surface area contributed by atoms with Gasteiger partial charge in [-0.2, -0.15) is 0 Å². The molecule has 2 aliphatic rings. The molecule has 1 heterocycles. The van der Waals surface area contributed by atoms with Crippen molar-refractivity contribution >= 4 is 17.9 Å². The number of hydrogen-bond donors (Lipinski definition) is 2. The molecule has 1 saturated carbocycles. The molecule has 0 spiro atoms. The molecule has 2 aromatic rings. The van der Waals surface area contributed by atoms with Crippen molar-refractivity contribution in [1.29, 1.82) is 0 Å². The Hall–Kier alpha value is -3.35. The van der Waals surface area contributed by atoms with E-state index >= 15 is 0 Å². The molecule has 1 aliphatic heterocycles. The van der Waals surface area contributed by atoms with Gasteiger partial charge in [-0.25, -0.2) is 4.79 Å². The molecular weight excluding hydrogens is 466 g/mol. The molecule has 3 amide bonds. The van der Waals surface area contributed by atoms with Gasteiger partial charge in [0.1, 0.15) is 0 Å². The Bertz CT molecular complexity index is 1090. The number of nitrogens with one attached hydrogen (secondary N) is 1. The van der Waals surface area contributed by atoms with E-state index in [9.17, 15) is 14.4 Å². The summed E-state index contributed by atoms with van der Waals surface area (Å²) in [5, 5.41) is 11.4. The van der Waals surface area contributed by atoms with Crippen molar-refractivity contribution in [3.05, 3.63) is 71.3 Å². The molecule has 2 N–H and O–H groups in total. The van der Waals surface area contributed by atoms with Crippen molar-refractivity contribution < 1.29 is 19.5 Å². The molecule has 7 nitrogen and oxygen atoms in total. The van der Waals surface area contributed by atoms with E-state index in [1.54, 1.807) is 12.1 Å². The van der Waals surface area contributed by atoms with E-state index in [1.807, 2.05) is 35.2 Å². The first-order chi connectivity index (χ1) is 17.6. The average molecular weight is 506 g/mol. The lowest BCUT2D eigenvalue weighted by Gasteiger charge is -2.41. The van der Waals surface area contributed by atoms with Gasteiger partial charge in [-0.1, -0.05) is 63.2 Å². The minimum atomic E-state index is -0.946. The molecule has 1 atom stereocenters. The number of aliphatic carboxylic acids is 1. The van der Waals surface area contributed by atoms with Crippen LogP contribution in [0.4, 0.5) is 4.79 Å². The molecule has 37 heavy (non-hydrogen) atoms. The zero-order valence-electron chi connectivity index (χ0n) is 22.2. The number of nitrogens with zero attached hydrogens (tertiary/aromatic N) is 2. The second-order valence-corrected chi connectivity index (χ2v) is 11.5. The highest BCUT2D eigenvalue weighted by Crippen LogP contribution is 2.42. The normalized spacial score (nSPS) is 22.2. The van der Waals surface area contributed by atoms with Gasteiger partial charge < -0.3 is 20.2 Å². The molecule has 1 unspecified atom stereocenters. The molecule has 1 aliphatic carbocycles. The quantitative estimate of drug-likeness (QED) is 0.497. The summed E-state index contributed by atoms with van der Waals surface area (Å²) in [5.41, 5.74) is 2.89. The fraction of sp³-hybridized carbons (Fsp3) is 0.500. The second-order valence-electron chi connectivity index (χ2n) is 11.5. The molecule has 4 rings (SSSR count). The van der Waals surface area contributed by atoms with E-state index < -0.39 is 5.97 Å². The largest absolute Gasteiger partial charge is 0.481 e. The Kier molecular flexibility index (Phi) is 8.20. The van der Waals surface area contributed by atoms with Crippen molar-refractivity contribution in [3.8, 4) is 0 Å². The Morgan fingerprint density at radius 2 is 1.62 bits per heavy atom. The third-order valence-electron chi connectivity index (χ3n) is 7.93. The highest BCUT2D eigenvalue weighted by molar-refractivity contribution is 5.94. The molecule has 7 heteroatoms. The topological polar surface area (TPSA) is 90.0 Å². The summed E-state index contributed by atoms with van der Waals surface area (Å²) in [6.07, 6.45) is 4.15. The van der Waals surface area contributed by atoms with Crippen LogP contribution in [0.25, 0.3) is 0 Å². The van der Waals surface area contributed by atoms with Crippen LogP contribution in [0.3, 0.4) is 0 Å².